The third-order valence-electron chi connectivity index (χ3n) is 5.44. The molecule has 1 amide bonds. The van der Waals surface area contributed by atoms with Gasteiger partial charge in [0, 0.05) is 10.9 Å². The summed E-state index contributed by atoms with van der Waals surface area (Å²) in [6.45, 7) is 6.16. The van der Waals surface area contributed by atoms with Crippen molar-refractivity contribution >= 4 is 22.8 Å². The number of aryl methyl sites for hydroxylation is 2. The van der Waals surface area contributed by atoms with Crippen LogP contribution in [0.1, 0.15) is 55.7 Å². The average molecular weight is 357 g/mol. The van der Waals surface area contributed by atoms with E-state index in [0.717, 1.165) is 46.9 Å². The van der Waals surface area contributed by atoms with Crippen molar-refractivity contribution in [2.24, 2.45) is 0 Å². The molecule has 2 aromatic rings. The molecule has 5 heteroatoms. The number of hydrogen-bond donors (Lipinski definition) is 1. The van der Waals surface area contributed by atoms with Crippen LogP contribution in [0.2, 0.25) is 0 Å². The van der Waals surface area contributed by atoms with Crippen molar-refractivity contribution in [2.75, 3.05) is 6.61 Å². The number of hydrogen-bond acceptors (Lipinski definition) is 4. The van der Waals surface area contributed by atoms with E-state index in [9.17, 15) is 9.59 Å². The summed E-state index contributed by atoms with van der Waals surface area (Å²) in [4.78, 5) is 25.2. The van der Waals surface area contributed by atoms with Crippen LogP contribution in [0.3, 0.4) is 0 Å². The van der Waals surface area contributed by atoms with Crippen LogP contribution in [0.15, 0.2) is 22.8 Å². The first-order valence-corrected chi connectivity index (χ1v) is 9.41. The first-order chi connectivity index (χ1) is 12.5. The molecular weight excluding hydrogens is 330 g/mol. The molecule has 1 fully saturated rings. The standard InChI is InChI=1S/C21H27NO4/c1-4-25-20(24)21(10-6-5-7-11-21)22-18(23)12-16-13-26-19-15(3)14(2)8-9-17(16)19/h8-9,13H,4-7,10-12H2,1-3H3,(H,22,23). The molecule has 0 radical (unpaired) electrons. The summed E-state index contributed by atoms with van der Waals surface area (Å²) < 4.78 is 10.9. The smallest absolute Gasteiger partial charge is 0.331 e. The molecule has 26 heavy (non-hydrogen) atoms. The second-order valence-electron chi connectivity index (χ2n) is 7.23. The molecule has 0 saturated heterocycles. The van der Waals surface area contributed by atoms with Gasteiger partial charge in [0.1, 0.15) is 11.1 Å². The van der Waals surface area contributed by atoms with Gasteiger partial charge in [-0.2, -0.15) is 0 Å². The molecule has 1 saturated carbocycles. The van der Waals surface area contributed by atoms with Crippen molar-refractivity contribution in [3.05, 3.63) is 35.1 Å². The molecule has 0 unspecified atom stereocenters. The summed E-state index contributed by atoms with van der Waals surface area (Å²) in [5.41, 5.74) is 3.04. The van der Waals surface area contributed by atoms with Gasteiger partial charge in [0.05, 0.1) is 19.3 Å². The van der Waals surface area contributed by atoms with Crippen LogP contribution < -0.4 is 5.32 Å². The van der Waals surface area contributed by atoms with Crippen molar-refractivity contribution in [1.82, 2.24) is 5.32 Å². The minimum Gasteiger partial charge on any atom is -0.464 e. The Morgan fingerprint density at radius 2 is 1.92 bits per heavy atom. The van der Waals surface area contributed by atoms with Gasteiger partial charge in [-0.05, 0) is 44.7 Å². The third-order valence-corrected chi connectivity index (χ3v) is 5.44. The van der Waals surface area contributed by atoms with Gasteiger partial charge in [-0.1, -0.05) is 31.4 Å². The Kier molecular flexibility index (Phi) is 5.35. The van der Waals surface area contributed by atoms with Gasteiger partial charge in [-0.3, -0.25) is 4.79 Å². The van der Waals surface area contributed by atoms with E-state index >= 15 is 0 Å². The molecule has 140 valence electrons. The molecule has 5 nitrogen and oxygen atoms in total. The zero-order valence-corrected chi connectivity index (χ0v) is 15.8. The molecule has 0 atom stereocenters. The average Bonchev–Trinajstić information content (AvgIpc) is 3.02. The Labute approximate surface area is 154 Å². The van der Waals surface area contributed by atoms with Gasteiger partial charge in [-0.25, -0.2) is 4.79 Å². The number of amides is 1. The van der Waals surface area contributed by atoms with Crippen molar-refractivity contribution in [3.63, 3.8) is 0 Å². The fourth-order valence-corrected chi connectivity index (χ4v) is 3.81. The second kappa shape index (κ2) is 7.52. The number of carbonyl (C=O) groups is 2. The number of benzene rings is 1. The summed E-state index contributed by atoms with van der Waals surface area (Å²) >= 11 is 0. The maximum atomic E-state index is 12.7. The fourth-order valence-electron chi connectivity index (χ4n) is 3.81. The topological polar surface area (TPSA) is 68.5 Å². The van der Waals surface area contributed by atoms with Crippen LogP contribution >= 0.6 is 0 Å². The van der Waals surface area contributed by atoms with Crippen LogP contribution in [0.5, 0.6) is 0 Å². The van der Waals surface area contributed by atoms with Gasteiger partial charge in [0.25, 0.3) is 0 Å². The molecule has 0 bridgehead atoms. The summed E-state index contributed by atoms with van der Waals surface area (Å²) in [5, 5.41) is 3.95. The molecule has 0 aliphatic heterocycles. The monoisotopic (exact) mass is 357 g/mol. The lowest BCUT2D eigenvalue weighted by Crippen LogP contribution is -2.56. The van der Waals surface area contributed by atoms with Gasteiger partial charge >= 0.3 is 5.97 Å². The van der Waals surface area contributed by atoms with E-state index in [1.807, 2.05) is 26.0 Å². The molecule has 1 N–H and O–H groups in total. The lowest BCUT2D eigenvalue weighted by molar-refractivity contribution is -0.155. The number of esters is 1. The van der Waals surface area contributed by atoms with E-state index in [-0.39, 0.29) is 18.3 Å². The highest BCUT2D eigenvalue weighted by molar-refractivity contribution is 5.92. The van der Waals surface area contributed by atoms with Gasteiger partial charge < -0.3 is 14.5 Å². The van der Waals surface area contributed by atoms with E-state index in [0.29, 0.717) is 19.4 Å². The molecule has 1 aliphatic rings. The lowest BCUT2D eigenvalue weighted by atomic mass is 9.81. The predicted octanol–water partition coefficient (Wildman–Crippen LogP) is 3.97. The predicted molar refractivity (Wildman–Crippen MR) is 100.0 cm³/mol. The summed E-state index contributed by atoms with van der Waals surface area (Å²) in [5.74, 6) is -0.475. The van der Waals surface area contributed by atoms with Gasteiger partial charge in [0.15, 0.2) is 0 Å². The number of fused-ring (bicyclic) bond motifs is 1. The van der Waals surface area contributed by atoms with Crippen LogP contribution in [0.4, 0.5) is 0 Å². The van der Waals surface area contributed by atoms with Crippen molar-refractivity contribution in [2.45, 2.75) is 64.8 Å². The lowest BCUT2D eigenvalue weighted by Gasteiger charge is -2.35. The summed E-state index contributed by atoms with van der Waals surface area (Å²) in [6, 6.07) is 4.03. The van der Waals surface area contributed by atoms with Crippen molar-refractivity contribution in [1.29, 1.82) is 0 Å². The molecule has 1 aromatic carbocycles. The van der Waals surface area contributed by atoms with Crippen LogP contribution in [0.25, 0.3) is 11.0 Å². The van der Waals surface area contributed by atoms with E-state index < -0.39 is 5.54 Å². The number of rotatable bonds is 5. The number of ether oxygens (including phenoxy) is 1. The number of nitrogens with one attached hydrogen (secondary N) is 1. The van der Waals surface area contributed by atoms with Crippen LogP contribution in [0, 0.1) is 13.8 Å². The number of carbonyl (C=O) groups excluding carboxylic acids is 2. The Balaban J connectivity index is 1.79. The largest absolute Gasteiger partial charge is 0.464 e. The highest BCUT2D eigenvalue weighted by Gasteiger charge is 2.42. The minimum absolute atomic E-state index is 0.166. The maximum absolute atomic E-state index is 12.7. The van der Waals surface area contributed by atoms with Crippen LogP contribution in [-0.4, -0.2) is 24.0 Å². The maximum Gasteiger partial charge on any atom is 0.331 e. The molecular formula is C21H27NO4. The zero-order valence-electron chi connectivity index (χ0n) is 15.8. The Bertz CT molecular complexity index is 815. The van der Waals surface area contributed by atoms with Crippen molar-refractivity contribution < 1.29 is 18.7 Å². The zero-order chi connectivity index (χ0) is 18.7. The normalized spacial score (nSPS) is 16.4. The second-order valence-corrected chi connectivity index (χ2v) is 7.23. The third kappa shape index (κ3) is 3.48. The molecule has 1 heterocycles. The Hall–Kier alpha value is -2.30. The Morgan fingerprint density at radius 1 is 1.19 bits per heavy atom. The van der Waals surface area contributed by atoms with Gasteiger partial charge in [-0.15, -0.1) is 0 Å². The van der Waals surface area contributed by atoms with Crippen molar-refractivity contribution in [3.8, 4) is 0 Å². The van der Waals surface area contributed by atoms with E-state index in [2.05, 4.69) is 5.32 Å². The van der Waals surface area contributed by atoms with E-state index in [1.54, 1.807) is 13.2 Å². The fraction of sp³-hybridized carbons (Fsp3) is 0.524. The summed E-state index contributed by atoms with van der Waals surface area (Å²) in [6.07, 6.45) is 6.05. The molecule has 0 spiro atoms. The van der Waals surface area contributed by atoms with Crippen LogP contribution in [-0.2, 0) is 20.7 Å². The molecule has 1 aliphatic carbocycles. The number of furan rings is 1. The minimum atomic E-state index is -0.878. The Morgan fingerprint density at radius 3 is 2.62 bits per heavy atom. The first-order valence-electron chi connectivity index (χ1n) is 9.41. The highest BCUT2D eigenvalue weighted by atomic mass is 16.5. The highest BCUT2D eigenvalue weighted by Crippen LogP contribution is 2.30. The molecule has 1 aromatic heterocycles. The van der Waals surface area contributed by atoms with Gasteiger partial charge in [0.2, 0.25) is 5.91 Å². The summed E-state index contributed by atoms with van der Waals surface area (Å²) in [7, 11) is 0. The quantitative estimate of drug-likeness (QED) is 0.822. The first kappa shape index (κ1) is 18.5. The SMILES string of the molecule is CCOC(=O)C1(NC(=O)Cc2coc3c(C)c(C)ccc23)CCCCC1. The van der Waals surface area contributed by atoms with E-state index in [4.69, 9.17) is 9.15 Å². The van der Waals surface area contributed by atoms with E-state index in [1.165, 1.54) is 0 Å². The molecule has 3 rings (SSSR count).